The maximum absolute atomic E-state index is 11.0. The van der Waals surface area contributed by atoms with Crippen molar-refractivity contribution in [3.05, 3.63) is 63.2 Å². The fourth-order valence-electron chi connectivity index (χ4n) is 3.53. The van der Waals surface area contributed by atoms with Gasteiger partial charge in [0.2, 0.25) is 0 Å². The van der Waals surface area contributed by atoms with E-state index >= 15 is 0 Å². The third-order valence-corrected chi connectivity index (χ3v) is 4.60. The number of non-ortho nitro benzene ring substituents is 1. The molecule has 0 fully saturated rings. The van der Waals surface area contributed by atoms with Crippen LogP contribution in [0.15, 0.2) is 36.4 Å². The van der Waals surface area contributed by atoms with Gasteiger partial charge in [0.25, 0.3) is 5.69 Å². The number of methoxy groups -OCH3 is 1. The highest BCUT2D eigenvalue weighted by atomic mass is 16.6. The molecule has 0 unspecified atom stereocenters. The minimum Gasteiger partial charge on any atom is -0.497 e. The van der Waals surface area contributed by atoms with Gasteiger partial charge in [0, 0.05) is 23.6 Å². The van der Waals surface area contributed by atoms with Crippen LogP contribution in [0.2, 0.25) is 0 Å². The first-order valence-corrected chi connectivity index (χ1v) is 7.29. The van der Waals surface area contributed by atoms with Gasteiger partial charge < -0.3 is 9.47 Å². The summed E-state index contributed by atoms with van der Waals surface area (Å²) >= 11 is 0. The molecule has 5 nitrogen and oxygen atoms in total. The molecule has 0 bridgehead atoms. The van der Waals surface area contributed by atoms with Crippen LogP contribution < -0.4 is 9.47 Å². The molecule has 5 heteroatoms. The Morgan fingerprint density at radius 1 is 1.23 bits per heavy atom. The average Bonchev–Trinajstić information content (AvgIpc) is 2.92. The van der Waals surface area contributed by atoms with E-state index in [-0.39, 0.29) is 22.6 Å². The van der Waals surface area contributed by atoms with Gasteiger partial charge in [-0.05, 0) is 42.2 Å². The molecule has 2 aromatic rings. The predicted molar refractivity (Wildman–Crippen MR) is 80.5 cm³/mol. The summed E-state index contributed by atoms with van der Waals surface area (Å²) in [5, 5.41) is 11.0. The number of nitrogens with zero attached hydrogens (tertiary/aromatic N) is 1. The molecule has 0 spiro atoms. The molecule has 2 atom stereocenters. The van der Waals surface area contributed by atoms with Crippen molar-refractivity contribution in [1.82, 2.24) is 0 Å². The van der Waals surface area contributed by atoms with Crippen LogP contribution >= 0.6 is 0 Å². The van der Waals surface area contributed by atoms with Crippen molar-refractivity contribution in [3.8, 4) is 11.5 Å². The SMILES string of the molecule is COc1ccc2c(c1)CC[C@H]1c3cc([N+](=O)[O-])ccc3O[C@@H]21. The Kier molecular flexibility index (Phi) is 2.82. The molecule has 2 aliphatic rings. The highest BCUT2D eigenvalue weighted by molar-refractivity contribution is 5.52. The lowest BCUT2D eigenvalue weighted by atomic mass is 9.79. The topological polar surface area (TPSA) is 61.6 Å². The number of rotatable bonds is 2. The van der Waals surface area contributed by atoms with Crippen LogP contribution in [0.5, 0.6) is 11.5 Å². The zero-order valence-electron chi connectivity index (χ0n) is 12.1. The second-order valence-corrected chi connectivity index (χ2v) is 5.73. The van der Waals surface area contributed by atoms with Crippen molar-refractivity contribution in [1.29, 1.82) is 0 Å². The summed E-state index contributed by atoms with van der Waals surface area (Å²) in [4.78, 5) is 10.6. The van der Waals surface area contributed by atoms with E-state index in [4.69, 9.17) is 9.47 Å². The van der Waals surface area contributed by atoms with Crippen LogP contribution in [0, 0.1) is 10.1 Å². The summed E-state index contributed by atoms with van der Waals surface area (Å²) < 4.78 is 11.4. The largest absolute Gasteiger partial charge is 0.497 e. The first-order chi connectivity index (χ1) is 10.7. The van der Waals surface area contributed by atoms with Gasteiger partial charge in [0.05, 0.1) is 12.0 Å². The summed E-state index contributed by atoms with van der Waals surface area (Å²) in [5.74, 6) is 1.81. The standard InChI is InChI=1S/C17H15NO4/c1-21-12-4-6-13-10(8-12)2-5-14-15-9-11(18(19)20)3-7-16(15)22-17(13)14/h3-4,6-9,14,17H,2,5H2,1H3/t14-,17-/m0/s1. The van der Waals surface area contributed by atoms with Crippen LogP contribution in [0.3, 0.4) is 0 Å². The Balaban J connectivity index is 1.75. The Bertz CT molecular complexity index is 771. The molecule has 4 rings (SSSR count). The van der Waals surface area contributed by atoms with Crippen LogP contribution in [-0.2, 0) is 6.42 Å². The fraction of sp³-hybridized carbons (Fsp3) is 0.294. The van der Waals surface area contributed by atoms with Crippen molar-refractivity contribution in [3.63, 3.8) is 0 Å². The predicted octanol–water partition coefficient (Wildman–Crippen LogP) is 3.77. The summed E-state index contributed by atoms with van der Waals surface area (Å²) in [7, 11) is 1.66. The van der Waals surface area contributed by atoms with E-state index in [9.17, 15) is 10.1 Å². The highest BCUT2D eigenvalue weighted by Gasteiger charge is 2.40. The van der Waals surface area contributed by atoms with Gasteiger partial charge in [-0.2, -0.15) is 0 Å². The molecule has 0 saturated heterocycles. The fourth-order valence-corrected chi connectivity index (χ4v) is 3.53. The number of hydrogen-bond acceptors (Lipinski definition) is 4. The first kappa shape index (κ1) is 13.1. The molecule has 0 radical (unpaired) electrons. The normalized spacial score (nSPS) is 21.3. The second kappa shape index (κ2) is 4.73. The lowest BCUT2D eigenvalue weighted by molar-refractivity contribution is -0.384. The molecular weight excluding hydrogens is 282 g/mol. The van der Waals surface area contributed by atoms with Crippen molar-refractivity contribution >= 4 is 5.69 Å². The quantitative estimate of drug-likeness (QED) is 0.625. The van der Waals surface area contributed by atoms with Crippen molar-refractivity contribution in [2.45, 2.75) is 24.9 Å². The molecule has 0 saturated carbocycles. The van der Waals surface area contributed by atoms with Crippen molar-refractivity contribution < 1.29 is 14.4 Å². The number of nitro benzene ring substituents is 1. The van der Waals surface area contributed by atoms with Crippen LogP contribution in [0.25, 0.3) is 0 Å². The molecule has 1 aliphatic heterocycles. The van der Waals surface area contributed by atoms with E-state index < -0.39 is 0 Å². The minimum absolute atomic E-state index is 0.0494. The third-order valence-electron chi connectivity index (χ3n) is 4.60. The van der Waals surface area contributed by atoms with E-state index in [0.29, 0.717) is 0 Å². The number of ether oxygens (including phenoxy) is 2. The number of fused-ring (bicyclic) bond motifs is 5. The van der Waals surface area contributed by atoms with E-state index in [1.54, 1.807) is 19.2 Å². The average molecular weight is 297 g/mol. The zero-order chi connectivity index (χ0) is 15.3. The van der Waals surface area contributed by atoms with E-state index in [1.165, 1.54) is 11.6 Å². The van der Waals surface area contributed by atoms with Gasteiger partial charge in [-0.25, -0.2) is 0 Å². The molecular formula is C17H15NO4. The molecule has 1 aliphatic carbocycles. The summed E-state index contributed by atoms with van der Waals surface area (Å²) in [6.45, 7) is 0. The highest BCUT2D eigenvalue weighted by Crippen LogP contribution is 2.52. The summed E-state index contributed by atoms with van der Waals surface area (Å²) in [6, 6.07) is 10.9. The number of aryl methyl sites for hydroxylation is 1. The molecule has 0 N–H and O–H groups in total. The van der Waals surface area contributed by atoms with Crippen LogP contribution in [0.4, 0.5) is 5.69 Å². The van der Waals surface area contributed by atoms with Gasteiger partial charge in [0.1, 0.15) is 17.6 Å². The van der Waals surface area contributed by atoms with Crippen LogP contribution in [-0.4, -0.2) is 12.0 Å². The molecule has 0 aromatic heterocycles. The summed E-state index contributed by atoms with van der Waals surface area (Å²) in [6.07, 6.45) is 1.81. The van der Waals surface area contributed by atoms with E-state index in [1.807, 2.05) is 12.1 Å². The van der Waals surface area contributed by atoms with E-state index in [2.05, 4.69) is 6.07 Å². The maximum Gasteiger partial charge on any atom is 0.269 e. The second-order valence-electron chi connectivity index (χ2n) is 5.73. The number of nitro groups is 1. The molecule has 0 amide bonds. The first-order valence-electron chi connectivity index (χ1n) is 7.29. The molecule has 22 heavy (non-hydrogen) atoms. The number of benzene rings is 2. The number of hydrogen-bond donors (Lipinski definition) is 0. The molecule has 112 valence electrons. The maximum atomic E-state index is 11.0. The Morgan fingerprint density at radius 3 is 2.86 bits per heavy atom. The third kappa shape index (κ3) is 1.85. The Hall–Kier alpha value is -2.56. The summed E-state index contributed by atoms with van der Waals surface area (Å²) in [5.41, 5.74) is 3.49. The monoisotopic (exact) mass is 297 g/mol. The zero-order valence-corrected chi connectivity index (χ0v) is 12.1. The minimum atomic E-state index is -0.352. The van der Waals surface area contributed by atoms with Crippen molar-refractivity contribution in [2.24, 2.45) is 0 Å². The van der Waals surface area contributed by atoms with Gasteiger partial charge in [-0.3, -0.25) is 10.1 Å². The van der Waals surface area contributed by atoms with Gasteiger partial charge in [-0.15, -0.1) is 0 Å². The smallest absolute Gasteiger partial charge is 0.269 e. The molecule has 1 heterocycles. The van der Waals surface area contributed by atoms with Gasteiger partial charge in [-0.1, -0.05) is 6.07 Å². The Morgan fingerprint density at radius 2 is 2.09 bits per heavy atom. The molecule has 2 aromatic carbocycles. The van der Waals surface area contributed by atoms with Crippen molar-refractivity contribution in [2.75, 3.05) is 7.11 Å². The Labute approximate surface area is 127 Å². The lowest BCUT2D eigenvalue weighted by Crippen LogP contribution is -2.18. The van der Waals surface area contributed by atoms with Gasteiger partial charge in [0.15, 0.2) is 0 Å². The lowest BCUT2D eigenvalue weighted by Gasteiger charge is -2.27. The van der Waals surface area contributed by atoms with Gasteiger partial charge >= 0.3 is 0 Å². The van der Waals surface area contributed by atoms with Crippen LogP contribution in [0.1, 0.15) is 35.1 Å². The van der Waals surface area contributed by atoms with E-state index in [0.717, 1.165) is 35.5 Å².